The first-order valence-electron chi connectivity index (χ1n) is 6.82. The Kier molecular flexibility index (Phi) is 3.69. The minimum Gasteiger partial charge on any atom is -0.397 e. The SMILES string of the molecule is CNC(=O)c1ccc(N)c(NC2CCCC2(C)C)c1. The molecule has 4 N–H and O–H groups in total. The van der Waals surface area contributed by atoms with Gasteiger partial charge in [-0.15, -0.1) is 0 Å². The molecule has 1 unspecified atom stereocenters. The molecule has 2 rings (SSSR count). The summed E-state index contributed by atoms with van der Waals surface area (Å²) in [4.78, 5) is 11.7. The molecule has 1 fully saturated rings. The summed E-state index contributed by atoms with van der Waals surface area (Å²) in [5.74, 6) is -0.0891. The van der Waals surface area contributed by atoms with Crippen LogP contribution in [0.4, 0.5) is 11.4 Å². The summed E-state index contributed by atoms with van der Waals surface area (Å²) in [7, 11) is 1.63. The fourth-order valence-electron chi connectivity index (χ4n) is 2.75. The van der Waals surface area contributed by atoms with Crippen molar-refractivity contribution < 1.29 is 4.79 Å². The average molecular weight is 261 g/mol. The monoisotopic (exact) mass is 261 g/mol. The van der Waals surface area contributed by atoms with Crippen LogP contribution in [0.1, 0.15) is 43.5 Å². The lowest BCUT2D eigenvalue weighted by Gasteiger charge is -2.29. The zero-order chi connectivity index (χ0) is 14.0. The summed E-state index contributed by atoms with van der Waals surface area (Å²) < 4.78 is 0. The molecule has 0 spiro atoms. The lowest BCUT2D eigenvalue weighted by molar-refractivity contribution is 0.0963. The van der Waals surface area contributed by atoms with Gasteiger partial charge in [0, 0.05) is 18.7 Å². The van der Waals surface area contributed by atoms with Gasteiger partial charge in [-0.05, 0) is 36.5 Å². The molecule has 1 aliphatic carbocycles. The molecule has 0 heterocycles. The van der Waals surface area contributed by atoms with Gasteiger partial charge in [0.1, 0.15) is 0 Å². The van der Waals surface area contributed by atoms with Crippen LogP contribution in [-0.2, 0) is 0 Å². The van der Waals surface area contributed by atoms with E-state index in [9.17, 15) is 4.79 Å². The molecule has 0 aromatic heterocycles. The second-order valence-corrected chi connectivity index (χ2v) is 5.96. The first-order chi connectivity index (χ1) is 8.94. The van der Waals surface area contributed by atoms with Gasteiger partial charge in [-0.1, -0.05) is 20.3 Å². The van der Waals surface area contributed by atoms with Crippen LogP contribution in [0.2, 0.25) is 0 Å². The van der Waals surface area contributed by atoms with Gasteiger partial charge in [0.2, 0.25) is 0 Å². The molecular weight excluding hydrogens is 238 g/mol. The van der Waals surface area contributed by atoms with Crippen LogP contribution in [0.15, 0.2) is 18.2 Å². The second-order valence-electron chi connectivity index (χ2n) is 5.96. The summed E-state index contributed by atoms with van der Waals surface area (Å²) in [5, 5.41) is 6.14. The van der Waals surface area contributed by atoms with Crippen LogP contribution in [0.5, 0.6) is 0 Å². The van der Waals surface area contributed by atoms with E-state index < -0.39 is 0 Å². The maximum absolute atomic E-state index is 11.7. The number of nitrogens with one attached hydrogen (secondary N) is 2. The zero-order valence-electron chi connectivity index (χ0n) is 11.9. The van der Waals surface area contributed by atoms with Crippen molar-refractivity contribution in [3.8, 4) is 0 Å². The standard InChI is InChI=1S/C15H23N3O/c1-15(2)8-4-5-13(15)18-12-9-10(14(19)17-3)6-7-11(12)16/h6-7,9,13,18H,4-5,8,16H2,1-3H3,(H,17,19). The summed E-state index contributed by atoms with van der Waals surface area (Å²) >= 11 is 0. The summed E-state index contributed by atoms with van der Waals surface area (Å²) in [6.45, 7) is 4.55. The van der Waals surface area contributed by atoms with E-state index in [4.69, 9.17) is 5.73 Å². The largest absolute Gasteiger partial charge is 0.397 e. The Hall–Kier alpha value is -1.71. The minimum absolute atomic E-state index is 0.0891. The third-order valence-electron chi connectivity index (χ3n) is 4.13. The molecule has 1 saturated carbocycles. The Balaban J connectivity index is 2.22. The third kappa shape index (κ3) is 2.83. The smallest absolute Gasteiger partial charge is 0.251 e. The number of nitrogens with two attached hydrogens (primary N) is 1. The summed E-state index contributed by atoms with van der Waals surface area (Å²) in [6, 6.07) is 5.78. The van der Waals surface area contributed by atoms with E-state index in [0.717, 1.165) is 12.1 Å². The molecule has 0 radical (unpaired) electrons. The van der Waals surface area contributed by atoms with Crippen LogP contribution in [0.25, 0.3) is 0 Å². The molecule has 1 atom stereocenters. The number of rotatable bonds is 3. The van der Waals surface area contributed by atoms with Crippen molar-refractivity contribution >= 4 is 17.3 Å². The van der Waals surface area contributed by atoms with Gasteiger partial charge in [-0.25, -0.2) is 0 Å². The highest BCUT2D eigenvalue weighted by Crippen LogP contribution is 2.39. The van der Waals surface area contributed by atoms with Crippen molar-refractivity contribution in [1.82, 2.24) is 5.32 Å². The Labute approximate surface area is 114 Å². The molecule has 0 bridgehead atoms. The van der Waals surface area contributed by atoms with Crippen LogP contribution in [0, 0.1) is 5.41 Å². The number of hydrogen-bond donors (Lipinski definition) is 3. The van der Waals surface area contributed by atoms with E-state index in [2.05, 4.69) is 24.5 Å². The van der Waals surface area contributed by atoms with Crippen molar-refractivity contribution in [2.75, 3.05) is 18.1 Å². The topological polar surface area (TPSA) is 67.2 Å². The molecule has 104 valence electrons. The predicted molar refractivity (Wildman–Crippen MR) is 79.3 cm³/mol. The second kappa shape index (κ2) is 5.11. The van der Waals surface area contributed by atoms with Gasteiger partial charge in [-0.2, -0.15) is 0 Å². The van der Waals surface area contributed by atoms with Gasteiger partial charge in [0.15, 0.2) is 0 Å². The molecule has 1 aliphatic rings. The summed E-state index contributed by atoms with van der Waals surface area (Å²) in [5.41, 5.74) is 8.46. The Morgan fingerprint density at radius 2 is 2.16 bits per heavy atom. The van der Waals surface area contributed by atoms with Crippen LogP contribution >= 0.6 is 0 Å². The number of amides is 1. The van der Waals surface area contributed by atoms with E-state index in [1.165, 1.54) is 12.8 Å². The van der Waals surface area contributed by atoms with E-state index in [-0.39, 0.29) is 11.3 Å². The molecular formula is C15H23N3O. The van der Waals surface area contributed by atoms with Crippen LogP contribution < -0.4 is 16.4 Å². The fourth-order valence-corrected chi connectivity index (χ4v) is 2.75. The van der Waals surface area contributed by atoms with E-state index in [1.807, 2.05) is 6.07 Å². The first-order valence-corrected chi connectivity index (χ1v) is 6.82. The molecule has 0 saturated heterocycles. The fraction of sp³-hybridized carbons (Fsp3) is 0.533. The van der Waals surface area contributed by atoms with Crippen LogP contribution in [0.3, 0.4) is 0 Å². The van der Waals surface area contributed by atoms with Gasteiger partial charge in [0.25, 0.3) is 5.91 Å². The van der Waals surface area contributed by atoms with E-state index >= 15 is 0 Å². The molecule has 4 heteroatoms. The van der Waals surface area contributed by atoms with E-state index in [1.54, 1.807) is 19.2 Å². The van der Waals surface area contributed by atoms with Crippen molar-refractivity contribution in [2.45, 2.75) is 39.2 Å². The van der Waals surface area contributed by atoms with Crippen molar-refractivity contribution in [3.63, 3.8) is 0 Å². The quantitative estimate of drug-likeness (QED) is 0.733. The van der Waals surface area contributed by atoms with Crippen molar-refractivity contribution in [1.29, 1.82) is 0 Å². The lowest BCUT2D eigenvalue weighted by atomic mass is 9.87. The minimum atomic E-state index is -0.0891. The number of carbonyl (C=O) groups is 1. The maximum atomic E-state index is 11.7. The highest BCUT2D eigenvalue weighted by atomic mass is 16.1. The van der Waals surface area contributed by atoms with Gasteiger partial charge < -0.3 is 16.4 Å². The van der Waals surface area contributed by atoms with Gasteiger partial charge in [0.05, 0.1) is 11.4 Å². The highest BCUT2D eigenvalue weighted by molar-refractivity contribution is 5.96. The number of carbonyl (C=O) groups excluding carboxylic acids is 1. The molecule has 19 heavy (non-hydrogen) atoms. The number of anilines is 2. The van der Waals surface area contributed by atoms with E-state index in [0.29, 0.717) is 17.3 Å². The van der Waals surface area contributed by atoms with Crippen molar-refractivity contribution in [3.05, 3.63) is 23.8 Å². The number of hydrogen-bond acceptors (Lipinski definition) is 3. The molecule has 0 aliphatic heterocycles. The zero-order valence-corrected chi connectivity index (χ0v) is 11.9. The van der Waals surface area contributed by atoms with Crippen LogP contribution in [-0.4, -0.2) is 19.0 Å². The Bertz CT molecular complexity index is 482. The highest BCUT2D eigenvalue weighted by Gasteiger charge is 2.34. The Morgan fingerprint density at radius 1 is 1.42 bits per heavy atom. The normalized spacial score (nSPS) is 21.1. The maximum Gasteiger partial charge on any atom is 0.251 e. The number of benzene rings is 1. The predicted octanol–water partition coefficient (Wildman–Crippen LogP) is 2.62. The van der Waals surface area contributed by atoms with Gasteiger partial charge >= 0.3 is 0 Å². The third-order valence-corrected chi connectivity index (χ3v) is 4.13. The molecule has 1 amide bonds. The average Bonchev–Trinajstić information content (AvgIpc) is 2.70. The Morgan fingerprint density at radius 3 is 2.74 bits per heavy atom. The lowest BCUT2D eigenvalue weighted by Crippen LogP contribution is -2.31. The molecule has 1 aromatic rings. The van der Waals surface area contributed by atoms with Gasteiger partial charge in [-0.3, -0.25) is 4.79 Å². The summed E-state index contributed by atoms with van der Waals surface area (Å²) in [6.07, 6.45) is 3.61. The molecule has 4 nitrogen and oxygen atoms in total. The first kappa shape index (κ1) is 13.7. The number of nitrogen functional groups attached to an aromatic ring is 1. The molecule has 1 aromatic carbocycles. The van der Waals surface area contributed by atoms with Crippen molar-refractivity contribution in [2.24, 2.45) is 5.41 Å².